The van der Waals surface area contributed by atoms with E-state index in [0.29, 0.717) is 19.5 Å². The Morgan fingerprint density at radius 3 is 2.60 bits per heavy atom. The molecule has 3 saturated heterocycles. The van der Waals surface area contributed by atoms with Crippen molar-refractivity contribution in [2.24, 2.45) is 5.92 Å². The van der Waals surface area contributed by atoms with Crippen LogP contribution in [0.25, 0.3) is 0 Å². The first kappa shape index (κ1) is 21.1. The molecule has 3 aliphatic rings. The molecule has 1 N–H and O–H groups in total. The fraction of sp³-hybridized carbons (Fsp3) is 0.652. The number of carbonyl (C=O) groups excluding carboxylic acids is 2. The van der Waals surface area contributed by atoms with E-state index in [4.69, 9.17) is 4.74 Å². The van der Waals surface area contributed by atoms with Crippen LogP contribution in [0.15, 0.2) is 24.3 Å². The molecule has 7 heteroatoms. The fourth-order valence-electron chi connectivity index (χ4n) is 5.31. The van der Waals surface area contributed by atoms with Gasteiger partial charge in [0, 0.05) is 25.7 Å². The number of fused-ring (bicyclic) bond motifs is 1. The van der Waals surface area contributed by atoms with Gasteiger partial charge in [-0.2, -0.15) is 0 Å². The van der Waals surface area contributed by atoms with Crippen molar-refractivity contribution in [3.63, 3.8) is 0 Å². The van der Waals surface area contributed by atoms with E-state index in [2.05, 4.69) is 15.1 Å². The number of amides is 2. The quantitative estimate of drug-likeness (QED) is 0.764. The van der Waals surface area contributed by atoms with Crippen LogP contribution < -0.4 is 10.1 Å². The number of likely N-dealkylation sites (N-methyl/N-ethyl adjacent to an activating group) is 1. The molecule has 4 rings (SSSR count). The Bertz CT molecular complexity index is 747. The average molecular weight is 415 g/mol. The maximum Gasteiger partial charge on any atom is 0.237 e. The summed E-state index contributed by atoms with van der Waals surface area (Å²) in [5, 5.41) is 3.17. The van der Waals surface area contributed by atoms with Crippen molar-refractivity contribution in [1.29, 1.82) is 0 Å². The van der Waals surface area contributed by atoms with E-state index in [1.54, 1.807) is 7.11 Å². The zero-order chi connectivity index (χ0) is 21.1. The second kappa shape index (κ2) is 9.35. The summed E-state index contributed by atoms with van der Waals surface area (Å²) in [5.74, 6) is 0.733. The first-order valence-electron chi connectivity index (χ1n) is 11.2. The van der Waals surface area contributed by atoms with Crippen molar-refractivity contribution in [1.82, 2.24) is 20.0 Å². The Morgan fingerprint density at radius 2 is 1.90 bits per heavy atom. The lowest BCUT2D eigenvalue weighted by Gasteiger charge is -2.38. The van der Waals surface area contributed by atoms with Gasteiger partial charge in [-0.3, -0.25) is 14.5 Å². The largest absolute Gasteiger partial charge is 0.497 e. The van der Waals surface area contributed by atoms with Gasteiger partial charge in [-0.15, -0.1) is 0 Å². The molecule has 0 bridgehead atoms. The molecule has 0 radical (unpaired) electrons. The van der Waals surface area contributed by atoms with Crippen molar-refractivity contribution < 1.29 is 14.3 Å². The molecular formula is C23H34N4O3. The van der Waals surface area contributed by atoms with Crippen LogP contribution in [-0.4, -0.2) is 86.0 Å². The lowest BCUT2D eigenvalue weighted by Crippen LogP contribution is -2.53. The second-order valence-electron chi connectivity index (χ2n) is 8.91. The normalized spacial score (nSPS) is 27.7. The van der Waals surface area contributed by atoms with Crippen LogP contribution in [0.5, 0.6) is 5.75 Å². The summed E-state index contributed by atoms with van der Waals surface area (Å²) in [4.78, 5) is 32.6. The predicted molar refractivity (Wildman–Crippen MR) is 115 cm³/mol. The molecule has 0 aliphatic carbocycles. The Kier molecular flexibility index (Phi) is 6.58. The Morgan fingerprint density at radius 1 is 1.17 bits per heavy atom. The Labute approximate surface area is 179 Å². The van der Waals surface area contributed by atoms with Crippen LogP contribution in [0.4, 0.5) is 0 Å². The molecule has 1 aromatic carbocycles. The number of carbonyl (C=O) groups is 2. The number of ether oxygens (including phenoxy) is 1. The third-order valence-corrected chi connectivity index (χ3v) is 6.79. The Hall–Kier alpha value is -2.12. The highest BCUT2D eigenvalue weighted by Gasteiger charge is 2.49. The fourth-order valence-corrected chi connectivity index (χ4v) is 5.31. The van der Waals surface area contributed by atoms with Gasteiger partial charge in [0.25, 0.3) is 0 Å². The zero-order valence-corrected chi connectivity index (χ0v) is 18.2. The van der Waals surface area contributed by atoms with Gasteiger partial charge in [0.1, 0.15) is 5.75 Å². The first-order chi connectivity index (χ1) is 14.6. The molecule has 3 fully saturated rings. The molecule has 1 aromatic rings. The summed E-state index contributed by atoms with van der Waals surface area (Å²) in [6.07, 6.45) is 4.53. The summed E-state index contributed by atoms with van der Waals surface area (Å²) >= 11 is 0. The number of benzene rings is 1. The lowest BCUT2D eigenvalue weighted by atomic mass is 9.92. The monoisotopic (exact) mass is 414 g/mol. The zero-order valence-electron chi connectivity index (χ0n) is 18.2. The number of hydrogen-bond donors (Lipinski definition) is 1. The summed E-state index contributed by atoms with van der Waals surface area (Å²) in [5.41, 5.74) is 1.01. The maximum absolute atomic E-state index is 13.2. The first-order valence-corrected chi connectivity index (χ1v) is 11.2. The number of piperidine rings is 1. The number of nitrogens with zero attached hydrogens (tertiary/aromatic N) is 3. The van der Waals surface area contributed by atoms with Gasteiger partial charge in [0.15, 0.2) is 0 Å². The highest BCUT2D eigenvalue weighted by Crippen LogP contribution is 2.43. The van der Waals surface area contributed by atoms with Gasteiger partial charge in [-0.05, 0) is 57.1 Å². The van der Waals surface area contributed by atoms with Crippen LogP contribution in [0, 0.1) is 5.92 Å². The number of likely N-dealkylation sites (tertiary alicyclic amines) is 1. The van der Waals surface area contributed by atoms with E-state index >= 15 is 0 Å². The van der Waals surface area contributed by atoms with Crippen molar-refractivity contribution in [3.05, 3.63) is 29.8 Å². The van der Waals surface area contributed by atoms with Crippen LogP contribution in [-0.2, 0) is 9.59 Å². The van der Waals surface area contributed by atoms with Gasteiger partial charge in [0.05, 0.1) is 25.6 Å². The van der Waals surface area contributed by atoms with E-state index < -0.39 is 0 Å². The maximum atomic E-state index is 13.2. The van der Waals surface area contributed by atoms with Crippen molar-refractivity contribution in [2.75, 3.05) is 53.4 Å². The van der Waals surface area contributed by atoms with E-state index in [-0.39, 0.29) is 29.8 Å². The van der Waals surface area contributed by atoms with Gasteiger partial charge < -0.3 is 19.9 Å². The molecule has 3 aliphatic heterocycles. The highest BCUT2D eigenvalue weighted by atomic mass is 16.5. The topological polar surface area (TPSA) is 65.1 Å². The summed E-state index contributed by atoms with van der Waals surface area (Å²) in [7, 11) is 3.62. The summed E-state index contributed by atoms with van der Waals surface area (Å²) < 4.78 is 5.29. The minimum Gasteiger partial charge on any atom is -0.497 e. The van der Waals surface area contributed by atoms with Crippen molar-refractivity contribution >= 4 is 11.8 Å². The Balaban J connectivity index is 1.48. The van der Waals surface area contributed by atoms with Gasteiger partial charge in [-0.1, -0.05) is 18.6 Å². The third kappa shape index (κ3) is 4.47. The average Bonchev–Trinajstić information content (AvgIpc) is 3.14. The van der Waals surface area contributed by atoms with Gasteiger partial charge >= 0.3 is 0 Å². The standard InChI is InChI=1S/C23H34N4O3/c1-25-15-18-14-20(23(29)24-10-13-26-11-4-3-5-12-26)22(27(18)21(28)16-25)17-6-8-19(30-2)9-7-17/h6-9,18,20,22H,3-5,10-16H2,1-2H3,(H,24,29)/t18-,20-,22-/m1/s1. The molecule has 0 aromatic heterocycles. The van der Waals surface area contributed by atoms with E-state index in [1.165, 1.54) is 19.3 Å². The molecule has 3 heterocycles. The van der Waals surface area contributed by atoms with Gasteiger partial charge in [0.2, 0.25) is 11.8 Å². The molecule has 30 heavy (non-hydrogen) atoms. The van der Waals surface area contributed by atoms with E-state index in [0.717, 1.165) is 37.5 Å². The van der Waals surface area contributed by atoms with Crippen molar-refractivity contribution in [2.45, 2.75) is 37.8 Å². The molecule has 7 nitrogen and oxygen atoms in total. The minimum absolute atomic E-state index is 0.0673. The second-order valence-corrected chi connectivity index (χ2v) is 8.91. The van der Waals surface area contributed by atoms with Gasteiger partial charge in [-0.25, -0.2) is 0 Å². The predicted octanol–water partition coefficient (Wildman–Crippen LogP) is 1.50. The third-order valence-electron chi connectivity index (χ3n) is 6.79. The number of methoxy groups -OCH3 is 1. The number of piperazine rings is 1. The van der Waals surface area contributed by atoms with Crippen LogP contribution in [0.2, 0.25) is 0 Å². The molecule has 0 unspecified atom stereocenters. The number of rotatable bonds is 6. The SMILES string of the molecule is COc1ccc([C@@H]2[C@H](C(=O)NCCN3CCCCC3)C[C@@H]3CN(C)CC(=O)N32)cc1. The number of nitrogens with one attached hydrogen (secondary N) is 1. The minimum atomic E-state index is -0.222. The smallest absolute Gasteiger partial charge is 0.237 e. The molecule has 0 saturated carbocycles. The van der Waals surface area contributed by atoms with Crippen molar-refractivity contribution in [3.8, 4) is 5.75 Å². The van der Waals surface area contributed by atoms with Crippen LogP contribution in [0.3, 0.4) is 0 Å². The van der Waals surface area contributed by atoms with Crippen LogP contribution in [0.1, 0.15) is 37.3 Å². The lowest BCUT2D eigenvalue weighted by molar-refractivity contribution is -0.140. The summed E-state index contributed by atoms with van der Waals surface area (Å²) in [6, 6.07) is 7.68. The molecule has 164 valence electrons. The number of hydrogen-bond acceptors (Lipinski definition) is 5. The van der Waals surface area contributed by atoms with E-state index in [1.807, 2.05) is 36.2 Å². The molecule has 0 spiro atoms. The molecular weight excluding hydrogens is 380 g/mol. The highest BCUT2D eigenvalue weighted by molar-refractivity contribution is 5.85. The van der Waals surface area contributed by atoms with Crippen LogP contribution >= 0.6 is 0 Å². The summed E-state index contributed by atoms with van der Waals surface area (Å²) in [6.45, 7) is 5.06. The molecule has 3 atom stereocenters. The molecule has 2 amide bonds. The van der Waals surface area contributed by atoms with E-state index in [9.17, 15) is 9.59 Å².